The number of nitrogens with zero attached hydrogens (tertiary/aromatic N) is 6. The van der Waals surface area contributed by atoms with Crippen LogP contribution in [0.1, 0.15) is 64.0 Å². The van der Waals surface area contributed by atoms with Crippen molar-refractivity contribution >= 4 is 49.1 Å². The minimum atomic E-state index is -0.567. The number of benzene rings is 12. The monoisotopic (exact) mass is 1760 g/mol. The summed E-state index contributed by atoms with van der Waals surface area (Å²) in [4.78, 5) is 9.50. The zero-order valence-electron chi connectivity index (χ0n) is 67.7. The summed E-state index contributed by atoms with van der Waals surface area (Å²) >= 11 is 1.74. The average Bonchev–Trinajstić information content (AvgIpc) is 1.40. The molecule has 0 unspecified atom stereocenters. The summed E-state index contributed by atoms with van der Waals surface area (Å²) in [5.41, 5.74) is 18.8. The number of imidazole rings is 2. The van der Waals surface area contributed by atoms with E-state index in [-0.39, 0.29) is 70.1 Å². The summed E-state index contributed by atoms with van der Waals surface area (Å²) < 4.78 is 108. The number of hydrogen-bond donors (Lipinski definition) is 0. The van der Waals surface area contributed by atoms with Crippen LogP contribution in [0.4, 0.5) is 0 Å². The molecule has 12 aromatic carbocycles. The van der Waals surface area contributed by atoms with E-state index in [9.17, 15) is 0 Å². The Labute approximate surface area is 665 Å². The molecule has 0 fully saturated rings. The molecule has 520 valence electrons. The van der Waals surface area contributed by atoms with Crippen LogP contribution in [-0.4, -0.2) is 19.1 Å². The van der Waals surface area contributed by atoms with Crippen molar-refractivity contribution in [1.82, 2.24) is 19.1 Å². The summed E-state index contributed by atoms with van der Waals surface area (Å²) in [7, 11) is 0. The second-order valence-electron chi connectivity index (χ2n) is 25.6. The van der Waals surface area contributed by atoms with Crippen molar-refractivity contribution in [2.75, 3.05) is 0 Å². The molecule has 18 rings (SSSR count). The minimum absolute atomic E-state index is 0. The maximum Gasteiger partial charge on any atom is 0.268 e. The third-order valence-electron chi connectivity index (χ3n) is 18.5. The van der Waals surface area contributed by atoms with Crippen molar-refractivity contribution in [3.8, 4) is 113 Å². The number of para-hydroxylation sites is 6. The van der Waals surface area contributed by atoms with Crippen LogP contribution in [0.2, 0.25) is 0 Å². The van der Waals surface area contributed by atoms with E-state index in [0.29, 0.717) is 51.6 Å². The predicted molar refractivity (Wildman–Crippen MR) is 420 cm³/mol. The molecule has 17 aromatic rings. The molecular weight excluding hydrogens is 1680 g/mol. The van der Waals surface area contributed by atoms with Gasteiger partial charge in [-0.15, -0.1) is 71.8 Å². The van der Waals surface area contributed by atoms with Gasteiger partial charge in [-0.05, 0) is 119 Å². The van der Waals surface area contributed by atoms with Gasteiger partial charge in [0.05, 0.1) is 47.1 Å². The fraction of sp³-hybridized carbons (Fsp3) is 0.0737. The van der Waals surface area contributed by atoms with E-state index in [1.54, 1.807) is 50.8 Å². The van der Waals surface area contributed by atoms with Crippen LogP contribution in [0.25, 0.3) is 127 Å². The van der Waals surface area contributed by atoms with Gasteiger partial charge in [0.15, 0.2) is 0 Å². The zero-order valence-corrected chi connectivity index (χ0v) is 63.0. The molecule has 8 nitrogen and oxygen atoms in total. The first-order valence-corrected chi connectivity index (χ1v) is 35.2. The Hall–Kier alpha value is -11.4. The van der Waals surface area contributed by atoms with E-state index < -0.39 is 60.4 Å². The number of rotatable bonds is 16. The quantitative estimate of drug-likeness (QED) is 0.0714. The predicted octanol–water partition coefficient (Wildman–Crippen LogP) is 22.9. The summed E-state index contributed by atoms with van der Waals surface area (Å²) in [6, 6.07) is 83.7. The van der Waals surface area contributed by atoms with Crippen LogP contribution in [0.3, 0.4) is 0 Å². The molecule has 0 saturated carbocycles. The number of fused-ring (bicyclic) bond motifs is 4. The number of ether oxygens (including phenoxy) is 2. The number of pyridine rings is 2. The molecule has 0 aliphatic heterocycles. The molecular formula is C95H68N6O2Pt2S-4. The van der Waals surface area contributed by atoms with Crippen LogP contribution < -0.4 is 18.6 Å². The number of thiophene rings is 1. The zero-order chi connectivity index (χ0) is 78.7. The maximum absolute atomic E-state index is 8.94. The Balaban J connectivity index is 0.000000181. The largest absolute Gasteiger partial charge is 0.503 e. The smallest absolute Gasteiger partial charge is 0.268 e. The van der Waals surface area contributed by atoms with Crippen LogP contribution >= 0.6 is 11.3 Å². The van der Waals surface area contributed by atoms with Gasteiger partial charge in [0.2, 0.25) is 0 Å². The molecule has 0 spiro atoms. The Morgan fingerprint density at radius 1 is 0.425 bits per heavy atom. The van der Waals surface area contributed by atoms with Crippen molar-refractivity contribution in [3.05, 3.63) is 368 Å². The fourth-order valence-corrected chi connectivity index (χ4v) is 15.0. The molecule has 5 heterocycles. The molecule has 5 aromatic heterocycles. The summed E-state index contributed by atoms with van der Waals surface area (Å²) in [5, 5.41) is 3.50. The van der Waals surface area contributed by atoms with Crippen LogP contribution in [0.15, 0.2) is 315 Å². The van der Waals surface area contributed by atoms with Gasteiger partial charge in [0.25, 0.3) is 12.7 Å². The Bertz CT molecular complexity index is 6510. The molecule has 0 amide bonds. The molecule has 0 saturated heterocycles. The molecule has 0 radical (unpaired) electrons. The van der Waals surface area contributed by atoms with Crippen LogP contribution in [-0.2, 0) is 48.6 Å². The second-order valence-corrected chi connectivity index (χ2v) is 26.5. The maximum atomic E-state index is 8.94. The normalized spacial score (nSPS) is 12.9. The topological polar surface area (TPSA) is 61.9 Å². The van der Waals surface area contributed by atoms with E-state index in [1.165, 1.54) is 26.8 Å². The van der Waals surface area contributed by atoms with E-state index in [4.69, 9.17) is 33.1 Å². The van der Waals surface area contributed by atoms with Crippen molar-refractivity contribution < 1.29 is 74.4 Å². The Morgan fingerprint density at radius 2 is 0.858 bits per heavy atom. The van der Waals surface area contributed by atoms with Crippen molar-refractivity contribution in [1.29, 1.82) is 0 Å². The van der Waals surface area contributed by atoms with Gasteiger partial charge in [-0.1, -0.05) is 257 Å². The van der Waals surface area contributed by atoms with Crippen LogP contribution in [0, 0.1) is 42.8 Å². The van der Waals surface area contributed by atoms with Gasteiger partial charge >= 0.3 is 0 Å². The number of aromatic nitrogens is 6. The van der Waals surface area contributed by atoms with E-state index >= 15 is 0 Å². The Kier molecular flexibility index (Phi) is 17.3. The molecule has 1 aliphatic carbocycles. The SMILES string of the molecule is CC(C)c1csc2c(-c3[c-]c(Oc4[c-]c(-n5[c-][n+](-c6c(-c7ccccc7)cccc6-c6ccccc6)c6ccccc65)ccc4)ccc3)nccc12.[2H]c1c([2H])c([2H])c(-c2cccc(-c3c([2H])c([2H])c([2H])c([2H])c3[2H])c2-[n+]2[c-]n(-c3[c-]c(Oc4[c-]c(-c5nccc6c5CC=C6C(C)C)ccc4)ccc3)c3ccccc32)c([2H])c1[2H].[Pt].[Pt]. The first kappa shape index (κ1) is 58.9. The summed E-state index contributed by atoms with van der Waals surface area (Å²) in [6.45, 7) is 8.83. The van der Waals surface area contributed by atoms with Gasteiger partial charge in [0, 0.05) is 87.9 Å². The first-order chi connectivity index (χ1) is 55.4. The van der Waals surface area contributed by atoms with E-state index in [1.807, 2.05) is 97.3 Å². The number of allylic oxidation sites excluding steroid dienone is 2. The third-order valence-corrected chi connectivity index (χ3v) is 19.5. The molecule has 106 heavy (non-hydrogen) atoms. The van der Waals surface area contributed by atoms with Crippen molar-refractivity contribution in [2.45, 2.75) is 40.0 Å². The average molecular weight is 1760 g/mol. The molecule has 11 heteroatoms. The van der Waals surface area contributed by atoms with Gasteiger partial charge in [-0.25, -0.2) is 0 Å². The molecule has 0 N–H and O–H groups in total. The fourth-order valence-electron chi connectivity index (χ4n) is 13.7. The van der Waals surface area contributed by atoms with Gasteiger partial charge in [0.1, 0.15) is 0 Å². The van der Waals surface area contributed by atoms with Crippen molar-refractivity contribution in [2.24, 2.45) is 5.92 Å². The standard InChI is InChI=1S/C48H35N3O.C47H33N3OS.2Pt/c1-33(2)40-26-27-44-43(40)28-29-49-47(44)36-18-11-20-38(30-36)52-39-21-12-19-37(31-39)50-32-51(46-25-10-9-24-45(46)50)48-41(34-14-5-3-6-15-34)22-13-23-42(48)35-16-7-4-8-17-35;1-32(2)42-30-52-47-41(42)26-27-48-45(47)35-18-11-20-37(28-35)51-38-21-12-19-36(29-38)49-31-50(44-25-10-9-24-43(44)49)46-39(33-14-5-3-6-15-33)22-13-23-40(46)34-16-7-4-8-17-34;;/h3-26,28-29,33H,27H2,1-2H3;3-27,30,32H,1-2H3;;/q2*-2;;/i3D,4D,5D,6D,7D,8D,14D,15D,16D,17D;;;. The molecule has 0 atom stereocenters. The minimum Gasteiger partial charge on any atom is -0.503 e. The van der Waals surface area contributed by atoms with Gasteiger partial charge < -0.3 is 28.6 Å². The van der Waals surface area contributed by atoms with Gasteiger partial charge in [-0.3, -0.25) is 9.13 Å². The van der Waals surface area contributed by atoms with E-state index in [2.05, 4.69) is 200 Å². The summed E-state index contributed by atoms with van der Waals surface area (Å²) in [6.07, 6.45) is 13.9. The Morgan fingerprint density at radius 3 is 1.36 bits per heavy atom. The summed E-state index contributed by atoms with van der Waals surface area (Å²) in [5.74, 6) is 2.85. The van der Waals surface area contributed by atoms with Crippen molar-refractivity contribution in [3.63, 3.8) is 0 Å². The third kappa shape index (κ3) is 13.9. The molecule has 1 aliphatic rings. The first-order valence-electron chi connectivity index (χ1n) is 39.3. The second kappa shape index (κ2) is 31.1. The molecule has 0 bridgehead atoms. The van der Waals surface area contributed by atoms with Gasteiger partial charge in [-0.2, -0.15) is 35.6 Å². The number of hydrogen-bond acceptors (Lipinski definition) is 5. The van der Waals surface area contributed by atoms with E-state index in [0.717, 1.165) is 79.2 Å². The van der Waals surface area contributed by atoms with Crippen LogP contribution in [0.5, 0.6) is 23.0 Å².